The van der Waals surface area contributed by atoms with Crippen molar-refractivity contribution in [3.63, 3.8) is 0 Å². The first-order valence-corrected chi connectivity index (χ1v) is 14.8. The minimum atomic E-state index is -1.59. The molecule has 1 aliphatic rings. The Morgan fingerprint density at radius 2 is 1.41 bits per heavy atom. The zero-order valence-corrected chi connectivity index (χ0v) is 23.9. The van der Waals surface area contributed by atoms with Crippen molar-refractivity contribution in [1.29, 1.82) is 0 Å². The molecule has 0 saturated carbocycles. The van der Waals surface area contributed by atoms with Crippen molar-refractivity contribution in [2.24, 2.45) is 0 Å². The first-order valence-electron chi connectivity index (χ1n) is 14.8. The van der Waals surface area contributed by atoms with Crippen LogP contribution in [0.1, 0.15) is 104 Å². The number of esters is 2. The number of hydrogen-bond acceptors (Lipinski definition) is 10. The number of aliphatic hydroxyl groups is 4. The maximum Gasteiger partial charge on any atom is 0.306 e. The number of carbonyl (C=O) groups excluding carboxylic acids is 2. The van der Waals surface area contributed by atoms with Gasteiger partial charge in [0.2, 0.25) is 0 Å². The third kappa shape index (κ3) is 15.7. The molecule has 0 spiro atoms. The van der Waals surface area contributed by atoms with E-state index in [9.17, 15) is 30.0 Å². The fourth-order valence-electron chi connectivity index (χ4n) is 4.22. The van der Waals surface area contributed by atoms with Crippen LogP contribution in [0, 0.1) is 0 Å². The lowest BCUT2D eigenvalue weighted by atomic mass is 9.99. The predicted octanol–water partition coefficient (Wildman–Crippen LogP) is 3.32. The highest BCUT2D eigenvalue weighted by molar-refractivity contribution is 5.70. The number of allylic oxidation sites excluding steroid dienone is 2. The highest BCUT2D eigenvalue weighted by atomic mass is 16.7. The van der Waals surface area contributed by atoms with E-state index >= 15 is 0 Å². The summed E-state index contributed by atoms with van der Waals surface area (Å²) in [6.45, 7) is 2.96. The van der Waals surface area contributed by atoms with Crippen LogP contribution < -0.4 is 0 Å². The Hall–Kier alpha value is -1.56. The zero-order chi connectivity index (χ0) is 28.9. The van der Waals surface area contributed by atoms with Gasteiger partial charge in [0.05, 0.1) is 13.2 Å². The zero-order valence-electron chi connectivity index (χ0n) is 23.9. The summed E-state index contributed by atoms with van der Waals surface area (Å²) in [5.41, 5.74) is 0. The number of hydrogen-bond donors (Lipinski definition) is 4. The number of carbonyl (C=O) groups is 2. The van der Waals surface area contributed by atoms with Crippen LogP contribution in [0.25, 0.3) is 0 Å². The summed E-state index contributed by atoms with van der Waals surface area (Å²) in [6, 6.07) is 0. The van der Waals surface area contributed by atoms with Gasteiger partial charge < -0.3 is 39.4 Å². The lowest BCUT2D eigenvalue weighted by Gasteiger charge is -2.39. The minimum absolute atomic E-state index is 0.219. The van der Waals surface area contributed by atoms with E-state index in [4.69, 9.17) is 18.9 Å². The Morgan fingerprint density at radius 1 is 0.769 bits per heavy atom. The molecule has 1 fully saturated rings. The van der Waals surface area contributed by atoms with Crippen molar-refractivity contribution in [3.05, 3.63) is 12.2 Å². The second-order valence-corrected chi connectivity index (χ2v) is 10.2. The highest BCUT2D eigenvalue weighted by Gasteiger charge is 2.44. The van der Waals surface area contributed by atoms with Crippen molar-refractivity contribution in [3.8, 4) is 0 Å². The van der Waals surface area contributed by atoms with E-state index in [1.807, 2.05) is 6.92 Å². The van der Waals surface area contributed by atoms with Gasteiger partial charge in [0.25, 0.3) is 0 Å². The predicted molar refractivity (Wildman–Crippen MR) is 146 cm³/mol. The monoisotopic (exact) mass is 560 g/mol. The molecule has 0 radical (unpaired) electrons. The smallest absolute Gasteiger partial charge is 0.306 e. The molecule has 10 nitrogen and oxygen atoms in total. The van der Waals surface area contributed by atoms with Crippen molar-refractivity contribution >= 4 is 11.9 Å². The van der Waals surface area contributed by atoms with Gasteiger partial charge in [-0.25, -0.2) is 0 Å². The number of ether oxygens (including phenoxy) is 4. The molecule has 0 aromatic heterocycles. The Bertz CT molecular complexity index is 668. The van der Waals surface area contributed by atoms with Gasteiger partial charge >= 0.3 is 11.9 Å². The highest BCUT2D eigenvalue weighted by Crippen LogP contribution is 2.22. The van der Waals surface area contributed by atoms with Crippen LogP contribution in [0.3, 0.4) is 0 Å². The van der Waals surface area contributed by atoms with Crippen LogP contribution in [-0.2, 0) is 28.5 Å². The lowest BCUT2D eigenvalue weighted by Crippen LogP contribution is -2.59. The molecule has 1 aliphatic heterocycles. The van der Waals surface area contributed by atoms with Crippen molar-refractivity contribution in [2.75, 3.05) is 19.8 Å². The minimum Gasteiger partial charge on any atom is -0.462 e. The summed E-state index contributed by atoms with van der Waals surface area (Å²) in [5.74, 6) is -0.882. The van der Waals surface area contributed by atoms with E-state index < -0.39 is 55.4 Å². The van der Waals surface area contributed by atoms with Crippen LogP contribution in [0.4, 0.5) is 0 Å². The van der Waals surface area contributed by atoms with Gasteiger partial charge in [-0.1, -0.05) is 64.5 Å². The van der Waals surface area contributed by atoms with E-state index in [0.29, 0.717) is 12.8 Å². The molecule has 228 valence electrons. The van der Waals surface area contributed by atoms with E-state index in [-0.39, 0.29) is 26.1 Å². The summed E-state index contributed by atoms with van der Waals surface area (Å²) in [6.07, 6.45) is 9.75. The van der Waals surface area contributed by atoms with Gasteiger partial charge in [0, 0.05) is 12.8 Å². The van der Waals surface area contributed by atoms with Crippen LogP contribution >= 0.6 is 0 Å². The van der Waals surface area contributed by atoms with Crippen LogP contribution in [-0.4, -0.2) is 89.0 Å². The van der Waals surface area contributed by atoms with E-state index in [0.717, 1.165) is 38.5 Å². The van der Waals surface area contributed by atoms with E-state index in [1.54, 1.807) is 0 Å². The molecule has 0 aromatic carbocycles. The Kier molecular flexibility index (Phi) is 20.2. The van der Waals surface area contributed by atoms with Gasteiger partial charge in [-0.2, -0.15) is 0 Å². The molecule has 39 heavy (non-hydrogen) atoms. The maximum absolute atomic E-state index is 12.4. The Balaban J connectivity index is 2.36. The molecule has 1 saturated heterocycles. The molecule has 4 N–H and O–H groups in total. The Morgan fingerprint density at radius 3 is 2.05 bits per heavy atom. The van der Waals surface area contributed by atoms with E-state index in [1.165, 1.54) is 25.7 Å². The topological polar surface area (TPSA) is 152 Å². The van der Waals surface area contributed by atoms with Crippen LogP contribution in [0.5, 0.6) is 0 Å². The number of rotatable bonds is 22. The third-order valence-electron chi connectivity index (χ3n) is 6.62. The molecule has 1 heterocycles. The van der Waals surface area contributed by atoms with Gasteiger partial charge in [0.15, 0.2) is 12.4 Å². The quantitative estimate of drug-likeness (QED) is 0.0881. The van der Waals surface area contributed by atoms with Gasteiger partial charge in [-0.15, -0.1) is 0 Å². The summed E-state index contributed by atoms with van der Waals surface area (Å²) < 4.78 is 21.5. The van der Waals surface area contributed by atoms with Gasteiger partial charge in [-0.05, 0) is 38.5 Å². The average molecular weight is 561 g/mol. The summed E-state index contributed by atoms with van der Waals surface area (Å²) in [4.78, 5) is 24.2. The summed E-state index contributed by atoms with van der Waals surface area (Å²) in [7, 11) is 0. The normalized spacial score (nSPS) is 24.1. The number of unbranched alkanes of at least 4 members (excludes halogenated alkanes) is 9. The number of aliphatic hydroxyl groups excluding tert-OH is 4. The lowest BCUT2D eigenvalue weighted by molar-refractivity contribution is -0.305. The molecule has 0 aliphatic carbocycles. The van der Waals surface area contributed by atoms with Crippen molar-refractivity contribution < 1.29 is 49.0 Å². The van der Waals surface area contributed by atoms with Gasteiger partial charge in [0.1, 0.15) is 31.0 Å². The second-order valence-electron chi connectivity index (χ2n) is 10.2. The SMILES string of the molecule is CCCCCC/C=C\CCCCCCCC(=O)OC(COC(=O)CCC)COC1OC(CO)C(O)C(O)C1O. The van der Waals surface area contributed by atoms with Gasteiger partial charge in [-0.3, -0.25) is 9.59 Å². The van der Waals surface area contributed by atoms with Crippen molar-refractivity contribution in [2.45, 2.75) is 141 Å². The molecule has 10 heteroatoms. The first kappa shape index (κ1) is 35.5. The fraction of sp³-hybridized carbons (Fsp3) is 0.862. The fourth-order valence-corrected chi connectivity index (χ4v) is 4.22. The largest absolute Gasteiger partial charge is 0.462 e. The molecule has 6 unspecified atom stereocenters. The summed E-state index contributed by atoms with van der Waals surface area (Å²) in [5, 5.41) is 39.3. The molecule has 1 rings (SSSR count). The third-order valence-corrected chi connectivity index (χ3v) is 6.62. The average Bonchev–Trinajstić information content (AvgIpc) is 2.92. The van der Waals surface area contributed by atoms with E-state index in [2.05, 4.69) is 19.1 Å². The molecular weight excluding hydrogens is 508 g/mol. The van der Waals surface area contributed by atoms with Crippen LogP contribution in [0.2, 0.25) is 0 Å². The maximum atomic E-state index is 12.4. The van der Waals surface area contributed by atoms with Crippen LogP contribution in [0.15, 0.2) is 12.2 Å². The molecule has 6 atom stereocenters. The molecule has 0 amide bonds. The Labute approximate surface area is 233 Å². The second kappa shape index (κ2) is 22.2. The van der Waals surface area contributed by atoms with Crippen molar-refractivity contribution in [1.82, 2.24) is 0 Å². The summed E-state index contributed by atoms with van der Waals surface area (Å²) >= 11 is 0. The molecular formula is C29H52O10. The first-order chi connectivity index (χ1) is 18.8. The standard InChI is InChI=1S/C29H52O10/c1-3-5-6-7-8-9-10-11-12-13-14-15-16-18-25(32)38-22(20-36-24(31)17-4-2)21-37-29-28(35)27(34)26(33)23(19-30)39-29/h9-10,22-23,26-30,33-35H,3-8,11-21H2,1-2H3/b10-9-. The molecule has 0 aromatic rings. The molecule has 0 bridgehead atoms.